The third kappa shape index (κ3) is 3.73. The molecule has 0 fully saturated rings. The van der Waals surface area contributed by atoms with Crippen molar-refractivity contribution in [2.75, 3.05) is 4.72 Å². The number of carboxylic acids is 1. The van der Waals surface area contributed by atoms with Crippen LogP contribution in [-0.2, 0) is 0 Å². The second-order valence-corrected chi connectivity index (χ2v) is 5.63. The highest BCUT2D eigenvalue weighted by Crippen LogP contribution is 2.32. The van der Waals surface area contributed by atoms with Crippen LogP contribution in [0.1, 0.15) is 10.4 Å². The van der Waals surface area contributed by atoms with Gasteiger partial charge in [-0.1, -0.05) is 12.1 Å². The van der Waals surface area contributed by atoms with Crippen molar-refractivity contribution in [3.8, 4) is 0 Å². The van der Waals surface area contributed by atoms with Crippen LogP contribution in [-0.4, -0.2) is 16.0 Å². The molecule has 21 heavy (non-hydrogen) atoms. The number of hydrogen-bond acceptors (Lipinski definition) is 5. The fourth-order valence-corrected chi connectivity index (χ4v) is 2.94. The molecule has 2 rings (SSSR count). The molecule has 0 bridgehead atoms. The molecule has 2 N–H and O–H groups in total. The molecular weight excluding hydrogens is 360 g/mol. The van der Waals surface area contributed by atoms with Gasteiger partial charge in [-0.05, 0) is 52.1 Å². The number of halogens is 1. The van der Waals surface area contributed by atoms with E-state index < -0.39 is 10.9 Å². The summed E-state index contributed by atoms with van der Waals surface area (Å²) in [6.07, 6.45) is 0. The molecule has 8 heteroatoms. The number of nitro groups is 1. The van der Waals surface area contributed by atoms with E-state index in [1.54, 1.807) is 24.3 Å². The smallest absolute Gasteiger partial charge is 0.335 e. The Hall–Kier alpha value is -2.06. The van der Waals surface area contributed by atoms with Gasteiger partial charge < -0.3 is 9.83 Å². The molecule has 2 aromatic rings. The molecule has 0 aliphatic rings. The van der Waals surface area contributed by atoms with Crippen molar-refractivity contribution < 1.29 is 14.8 Å². The van der Waals surface area contributed by atoms with Crippen LogP contribution in [0.2, 0.25) is 0 Å². The maximum atomic E-state index is 10.9. The van der Waals surface area contributed by atoms with Crippen LogP contribution in [0, 0.1) is 10.1 Å². The Labute approximate surface area is 132 Å². The Morgan fingerprint density at radius 1 is 1.29 bits per heavy atom. The summed E-state index contributed by atoms with van der Waals surface area (Å²) in [4.78, 5) is 21.8. The van der Waals surface area contributed by atoms with Gasteiger partial charge in [0.1, 0.15) is 4.90 Å². The van der Waals surface area contributed by atoms with Crippen LogP contribution in [0.15, 0.2) is 51.8 Å². The first kappa shape index (κ1) is 15.3. The van der Waals surface area contributed by atoms with E-state index in [1.165, 1.54) is 18.2 Å². The van der Waals surface area contributed by atoms with E-state index in [-0.39, 0.29) is 11.3 Å². The monoisotopic (exact) mass is 368 g/mol. The van der Waals surface area contributed by atoms with E-state index in [2.05, 4.69) is 20.7 Å². The number of carbonyl (C=O) groups is 1. The molecule has 2 aromatic carbocycles. The number of hydrogen-bond donors (Lipinski definition) is 2. The normalized spacial score (nSPS) is 10.1. The molecule has 0 aromatic heterocycles. The van der Waals surface area contributed by atoms with Crippen molar-refractivity contribution in [2.24, 2.45) is 0 Å². The van der Waals surface area contributed by atoms with E-state index in [0.29, 0.717) is 15.1 Å². The highest BCUT2D eigenvalue weighted by Gasteiger charge is 2.14. The standard InChI is InChI=1S/C13H9BrN2O4S/c14-9-7-8(13(17)18)5-6-10(9)15-21-12-4-2-1-3-11(12)16(19)20/h1-7,15H,(H,17,18). The van der Waals surface area contributed by atoms with Gasteiger partial charge in [-0.15, -0.1) is 0 Å². The fraction of sp³-hybridized carbons (Fsp3) is 0. The summed E-state index contributed by atoms with van der Waals surface area (Å²) in [6, 6.07) is 10.9. The van der Waals surface area contributed by atoms with Crippen LogP contribution < -0.4 is 4.72 Å². The number of nitrogens with one attached hydrogen (secondary N) is 1. The van der Waals surface area contributed by atoms with Gasteiger partial charge >= 0.3 is 5.97 Å². The minimum Gasteiger partial charge on any atom is -0.478 e. The Kier molecular flexibility index (Phi) is 4.81. The average Bonchev–Trinajstić information content (AvgIpc) is 2.46. The zero-order chi connectivity index (χ0) is 15.4. The molecule has 0 atom stereocenters. The van der Waals surface area contributed by atoms with E-state index >= 15 is 0 Å². The molecule has 0 aliphatic heterocycles. The minimum atomic E-state index is -1.02. The van der Waals surface area contributed by atoms with Crippen LogP contribution in [0.5, 0.6) is 0 Å². The van der Waals surface area contributed by atoms with Crippen LogP contribution in [0.4, 0.5) is 11.4 Å². The summed E-state index contributed by atoms with van der Waals surface area (Å²) in [5.74, 6) is -1.02. The lowest BCUT2D eigenvalue weighted by molar-refractivity contribution is -0.387. The Bertz CT molecular complexity index is 708. The summed E-state index contributed by atoms with van der Waals surface area (Å²) >= 11 is 4.35. The van der Waals surface area contributed by atoms with Crippen LogP contribution in [0.25, 0.3) is 0 Å². The predicted molar refractivity (Wildman–Crippen MR) is 83.7 cm³/mol. The lowest BCUT2D eigenvalue weighted by Gasteiger charge is -2.08. The fourth-order valence-electron chi connectivity index (χ4n) is 1.54. The highest BCUT2D eigenvalue weighted by atomic mass is 79.9. The lowest BCUT2D eigenvalue weighted by atomic mass is 10.2. The van der Waals surface area contributed by atoms with Crippen molar-refractivity contribution >= 4 is 45.2 Å². The van der Waals surface area contributed by atoms with E-state index in [1.807, 2.05) is 0 Å². The third-order valence-corrected chi connectivity index (χ3v) is 4.09. The first-order valence-electron chi connectivity index (χ1n) is 5.68. The zero-order valence-electron chi connectivity index (χ0n) is 10.4. The van der Waals surface area contributed by atoms with Gasteiger partial charge in [0.25, 0.3) is 5.69 Å². The summed E-state index contributed by atoms with van der Waals surface area (Å²) in [7, 11) is 0. The zero-order valence-corrected chi connectivity index (χ0v) is 12.8. The van der Waals surface area contributed by atoms with E-state index in [4.69, 9.17) is 5.11 Å². The van der Waals surface area contributed by atoms with Gasteiger partial charge in [0, 0.05) is 10.5 Å². The minimum absolute atomic E-state index is 0.00767. The van der Waals surface area contributed by atoms with Crippen molar-refractivity contribution in [3.63, 3.8) is 0 Å². The lowest BCUT2D eigenvalue weighted by Crippen LogP contribution is -1.97. The molecule has 0 amide bonds. The maximum Gasteiger partial charge on any atom is 0.335 e. The number of nitrogens with zero attached hydrogens (tertiary/aromatic N) is 1. The molecule has 6 nitrogen and oxygen atoms in total. The molecule has 0 spiro atoms. The van der Waals surface area contributed by atoms with E-state index in [0.717, 1.165) is 11.9 Å². The Morgan fingerprint density at radius 2 is 2.00 bits per heavy atom. The highest BCUT2D eigenvalue weighted by molar-refractivity contribution is 9.10. The number of rotatable bonds is 5. The summed E-state index contributed by atoms with van der Waals surface area (Å²) in [6.45, 7) is 0. The Balaban J connectivity index is 2.17. The van der Waals surface area contributed by atoms with Gasteiger partial charge in [0.15, 0.2) is 0 Å². The first-order valence-corrected chi connectivity index (χ1v) is 7.29. The van der Waals surface area contributed by atoms with Gasteiger partial charge in [-0.2, -0.15) is 0 Å². The number of benzene rings is 2. The van der Waals surface area contributed by atoms with Gasteiger partial charge in [0.05, 0.1) is 16.2 Å². The molecule has 0 aliphatic carbocycles. The molecule has 108 valence electrons. The van der Waals surface area contributed by atoms with Crippen molar-refractivity contribution in [3.05, 3.63) is 62.6 Å². The number of carboxylic acid groups (broad SMARTS) is 1. The van der Waals surface area contributed by atoms with Crippen LogP contribution in [0.3, 0.4) is 0 Å². The summed E-state index contributed by atoms with van der Waals surface area (Å²) in [5.41, 5.74) is 0.791. The average molecular weight is 369 g/mol. The van der Waals surface area contributed by atoms with Crippen molar-refractivity contribution in [1.82, 2.24) is 0 Å². The Morgan fingerprint density at radius 3 is 2.62 bits per heavy atom. The number of anilines is 1. The van der Waals surface area contributed by atoms with Crippen molar-refractivity contribution in [2.45, 2.75) is 4.90 Å². The quantitative estimate of drug-likeness (QED) is 0.467. The predicted octanol–water partition coefficient (Wildman–Crippen LogP) is 4.17. The molecular formula is C13H9BrN2O4S. The second-order valence-electron chi connectivity index (χ2n) is 3.93. The topological polar surface area (TPSA) is 92.5 Å². The maximum absolute atomic E-state index is 10.9. The number of aromatic carboxylic acids is 1. The number of nitro benzene ring substituents is 1. The summed E-state index contributed by atoms with van der Waals surface area (Å²) in [5, 5.41) is 19.8. The number of para-hydroxylation sites is 1. The summed E-state index contributed by atoms with van der Waals surface area (Å²) < 4.78 is 3.53. The molecule has 0 heterocycles. The van der Waals surface area contributed by atoms with Crippen molar-refractivity contribution in [1.29, 1.82) is 0 Å². The molecule has 0 unspecified atom stereocenters. The molecule has 0 saturated heterocycles. The van der Waals surface area contributed by atoms with Gasteiger partial charge in [-0.25, -0.2) is 4.79 Å². The van der Waals surface area contributed by atoms with Gasteiger partial charge in [-0.3, -0.25) is 10.1 Å². The van der Waals surface area contributed by atoms with Gasteiger partial charge in [0.2, 0.25) is 0 Å². The molecule has 0 radical (unpaired) electrons. The first-order chi connectivity index (χ1) is 9.99. The largest absolute Gasteiger partial charge is 0.478 e. The second kappa shape index (κ2) is 6.59. The molecule has 0 saturated carbocycles. The third-order valence-electron chi connectivity index (χ3n) is 2.55. The van der Waals surface area contributed by atoms with Crippen LogP contribution >= 0.6 is 27.9 Å². The van der Waals surface area contributed by atoms with E-state index in [9.17, 15) is 14.9 Å². The SMILES string of the molecule is O=C(O)c1ccc(NSc2ccccc2[N+](=O)[O-])c(Br)c1.